The minimum atomic E-state index is 0.0519. The van der Waals surface area contributed by atoms with E-state index in [9.17, 15) is 5.11 Å². The van der Waals surface area contributed by atoms with Crippen LogP contribution < -0.4 is 5.32 Å². The van der Waals surface area contributed by atoms with Crippen LogP contribution in [0.15, 0.2) is 54.7 Å². The number of nitrogens with zero attached hydrogens (tertiary/aromatic N) is 1. The molecule has 0 radical (unpaired) electrons. The van der Waals surface area contributed by atoms with Crippen molar-refractivity contribution < 1.29 is 5.11 Å². The summed E-state index contributed by atoms with van der Waals surface area (Å²) in [5.41, 5.74) is 2.20. The van der Waals surface area contributed by atoms with Gasteiger partial charge in [0.25, 0.3) is 0 Å². The van der Waals surface area contributed by atoms with Gasteiger partial charge in [0.2, 0.25) is 0 Å². The zero-order valence-electron chi connectivity index (χ0n) is 12.3. The molecule has 1 heterocycles. The predicted molar refractivity (Wildman–Crippen MR) is 89.5 cm³/mol. The zero-order chi connectivity index (χ0) is 14.9. The molecular weight excluding hydrogens is 280 g/mol. The van der Waals surface area contributed by atoms with E-state index >= 15 is 0 Å². The molecule has 0 aliphatic carbocycles. The van der Waals surface area contributed by atoms with Crippen LogP contribution in [0.25, 0.3) is 0 Å². The largest absolute Gasteiger partial charge is 0.396 e. The lowest BCUT2D eigenvalue weighted by Crippen LogP contribution is -2.36. The molecule has 2 unspecified atom stereocenters. The van der Waals surface area contributed by atoms with Gasteiger partial charge in [-0.15, -0.1) is 0 Å². The molecular formula is C17H22N2OS. The topological polar surface area (TPSA) is 45.1 Å². The fourth-order valence-electron chi connectivity index (χ4n) is 2.35. The van der Waals surface area contributed by atoms with E-state index in [1.165, 1.54) is 5.56 Å². The van der Waals surface area contributed by atoms with Gasteiger partial charge in [0.1, 0.15) is 0 Å². The maximum absolute atomic E-state index is 9.25. The number of rotatable bonds is 8. The van der Waals surface area contributed by atoms with Gasteiger partial charge < -0.3 is 10.4 Å². The summed E-state index contributed by atoms with van der Waals surface area (Å²) in [6.07, 6.45) is 4.66. The fraction of sp³-hybridized carbons (Fsp3) is 0.353. The van der Waals surface area contributed by atoms with Crippen LogP contribution in [0, 0.1) is 0 Å². The van der Waals surface area contributed by atoms with Gasteiger partial charge in [-0.05, 0) is 30.4 Å². The molecule has 0 aliphatic rings. The number of aromatic nitrogens is 1. The molecule has 2 atom stereocenters. The monoisotopic (exact) mass is 302 g/mol. The Hall–Kier alpha value is -1.36. The summed E-state index contributed by atoms with van der Waals surface area (Å²) in [7, 11) is 0. The van der Waals surface area contributed by atoms with Gasteiger partial charge in [0, 0.05) is 24.6 Å². The number of aliphatic hydroxyl groups is 1. The first-order valence-electron chi connectivity index (χ1n) is 7.17. The van der Waals surface area contributed by atoms with E-state index in [4.69, 9.17) is 0 Å². The van der Waals surface area contributed by atoms with Gasteiger partial charge in [-0.2, -0.15) is 11.8 Å². The first-order valence-corrected chi connectivity index (χ1v) is 8.56. The van der Waals surface area contributed by atoms with Gasteiger partial charge in [0.15, 0.2) is 0 Å². The molecule has 2 aromatic rings. The number of nitrogens with one attached hydrogen (secondary N) is 1. The summed E-state index contributed by atoms with van der Waals surface area (Å²) in [4.78, 5) is 4.50. The molecule has 2 N–H and O–H groups in total. The molecule has 1 aromatic carbocycles. The number of pyridine rings is 1. The molecule has 0 bridgehead atoms. The Kier molecular flexibility index (Phi) is 6.73. The molecule has 0 saturated carbocycles. The molecule has 0 spiro atoms. The van der Waals surface area contributed by atoms with Gasteiger partial charge in [0.05, 0.1) is 11.7 Å². The predicted octanol–water partition coefficient (Wildman–Crippen LogP) is 2.87. The Bertz CT molecular complexity index is 461. The Morgan fingerprint density at radius 3 is 2.52 bits per heavy atom. The minimum absolute atomic E-state index is 0.0519. The number of thioether (sulfide) groups is 1. The highest BCUT2D eigenvalue weighted by atomic mass is 32.2. The van der Waals surface area contributed by atoms with Gasteiger partial charge in [-0.1, -0.05) is 36.4 Å². The highest BCUT2D eigenvalue weighted by Crippen LogP contribution is 2.21. The molecule has 0 amide bonds. The van der Waals surface area contributed by atoms with Crippen LogP contribution in [0.2, 0.25) is 0 Å². The first kappa shape index (κ1) is 16.0. The van der Waals surface area contributed by atoms with Crippen molar-refractivity contribution in [3.63, 3.8) is 0 Å². The lowest BCUT2D eigenvalue weighted by Gasteiger charge is -2.25. The molecule has 3 nitrogen and oxygen atoms in total. The summed E-state index contributed by atoms with van der Waals surface area (Å²) in [6.45, 7) is 0.196. The summed E-state index contributed by atoms with van der Waals surface area (Å²) in [5.74, 6) is 0.969. The Balaban J connectivity index is 2.24. The Labute approximate surface area is 130 Å². The van der Waals surface area contributed by atoms with Gasteiger partial charge in [-0.3, -0.25) is 4.98 Å². The van der Waals surface area contributed by atoms with E-state index < -0.39 is 0 Å². The van der Waals surface area contributed by atoms with Crippen molar-refractivity contribution in [3.8, 4) is 0 Å². The third-order valence-corrected chi connectivity index (χ3v) is 4.10. The second-order valence-corrected chi connectivity index (χ2v) is 5.84. The van der Waals surface area contributed by atoms with Crippen molar-refractivity contribution in [1.29, 1.82) is 0 Å². The third kappa shape index (κ3) is 4.84. The maximum atomic E-state index is 9.25. The van der Waals surface area contributed by atoms with Crippen LogP contribution in [0.5, 0.6) is 0 Å². The SMILES string of the molecule is CSCC(CCO)NC(c1ccccc1)c1ccccn1. The van der Waals surface area contributed by atoms with Crippen molar-refractivity contribution in [1.82, 2.24) is 10.3 Å². The maximum Gasteiger partial charge on any atom is 0.0753 e. The first-order chi connectivity index (χ1) is 10.3. The molecule has 4 heteroatoms. The highest BCUT2D eigenvalue weighted by Gasteiger charge is 2.19. The van der Waals surface area contributed by atoms with Crippen molar-refractivity contribution in [2.24, 2.45) is 0 Å². The van der Waals surface area contributed by atoms with E-state index in [1.807, 2.05) is 42.6 Å². The highest BCUT2D eigenvalue weighted by molar-refractivity contribution is 7.98. The van der Waals surface area contributed by atoms with E-state index in [-0.39, 0.29) is 18.7 Å². The van der Waals surface area contributed by atoms with Gasteiger partial charge >= 0.3 is 0 Å². The molecule has 112 valence electrons. The Morgan fingerprint density at radius 2 is 1.90 bits per heavy atom. The third-order valence-electron chi connectivity index (χ3n) is 3.36. The quantitative estimate of drug-likeness (QED) is 0.787. The molecule has 2 rings (SSSR count). The van der Waals surface area contributed by atoms with E-state index in [1.54, 1.807) is 11.8 Å². The minimum Gasteiger partial charge on any atom is -0.396 e. The van der Waals surface area contributed by atoms with Crippen molar-refractivity contribution in [3.05, 3.63) is 66.0 Å². The van der Waals surface area contributed by atoms with Crippen molar-refractivity contribution in [2.45, 2.75) is 18.5 Å². The lowest BCUT2D eigenvalue weighted by atomic mass is 10.0. The molecule has 0 saturated heterocycles. The summed E-state index contributed by atoms with van der Waals surface area (Å²) >= 11 is 1.79. The second-order valence-electron chi connectivity index (χ2n) is 4.93. The zero-order valence-corrected chi connectivity index (χ0v) is 13.1. The van der Waals surface area contributed by atoms with Crippen LogP contribution >= 0.6 is 11.8 Å². The van der Waals surface area contributed by atoms with Gasteiger partial charge in [-0.25, -0.2) is 0 Å². The molecule has 1 aromatic heterocycles. The normalized spacial score (nSPS) is 13.8. The van der Waals surface area contributed by atoms with Crippen molar-refractivity contribution >= 4 is 11.8 Å². The van der Waals surface area contributed by atoms with E-state index in [0.29, 0.717) is 0 Å². The average molecular weight is 302 g/mol. The van der Waals surface area contributed by atoms with Crippen LogP contribution in [0.1, 0.15) is 23.7 Å². The molecule has 0 fully saturated rings. The second kappa shape index (κ2) is 8.82. The smallest absolute Gasteiger partial charge is 0.0753 e. The van der Waals surface area contributed by atoms with Crippen LogP contribution in [0.4, 0.5) is 0 Å². The van der Waals surface area contributed by atoms with E-state index in [0.717, 1.165) is 17.9 Å². The average Bonchev–Trinajstić information content (AvgIpc) is 2.54. The van der Waals surface area contributed by atoms with Crippen LogP contribution in [-0.4, -0.2) is 34.7 Å². The number of aliphatic hydroxyl groups excluding tert-OH is 1. The molecule has 21 heavy (non-hydrogen) atoms. The number of hydrogen-bond donors (Lipinski definition) is 2. The summed E-state index contributed by atoms with van der Waals surface area (Å²) in [6, 6.07) is 16.6. The fourth-order valence-corrected chi connectivity index (χ4v) is 3.02. The number of hydrogen-bond acceptors (Lipinski definition) is 4. The molecule has 0 aliphatic heterocycles. The van der Waals surface area contributed by atoms with Crippen LogP contribution in [0.3, 0.4) is 0 Å². The number of benzene rings is 1. The lowest BCUT2D eigenvalue weighted by molar-refractivity contribution is 0.266. The van der Waals surface area contributed by atoms with E-state index in [2.05, 4.69) is 28.7 Å². The standard InChI is InChI=1S/C17H22N2OS/c1-21-13-15(10-12-20)19-17(14-7-3-2-4-8-14)16-9-5-6-11-18-16/h2-9,11,15,17,19-20H,10,12-13H2,1H3. The Morgan fingerprint density at radius 1 is 1.14 bits per heavy atom. The van der Waals surface area contributed by atoms with Crippen molar-refractivity contribution in [2.75, 3.05) is 18.6 Å². The summed E-state index contributed by atoms with van der Waals surface area (Å²) < 4.78 is 0. The summed E-state index contributed by atoms with van der Waals surface area (Å²) in [5, 5.41) is 12.9. The van der Waals surface area contributed by atoms with Crippen LogP contribution in [-0.2, 0) is 0 Å².